The summed E-state index contributed by atoms with van der Waals surface area (Å²) in [5, 5.41) is 4.93. The fourth-order valence-corrected chi connectivity index (χ4v) is 3.10. The first kappa shape index (κ1) is 15.4. The van der Waals surface area contributed by atoms with Gasteiger partial charge in [0.1, 0.15) is 16.5 Å². The van der Waals surface area contributed by atoms with Crippen LogP contribution in [-0.4, -0.2) is 16.8 Å². The van der Waals surface area contributed by atoms with E-state index in [1.807, 2.05) is 0 Å². The summed E-state index contributed by atoms with van der Waals surface area (Å²) in [5.41, 5.74) is 0. The van der Waals surface area contributed by atoms with Gasteiger partial charge in [0, 0.05) is 6.07 Å². The Balaban J connectivity index is 2.41. The summed E-state index contributed by atoms with van der Waals surface area (Å²) >= 11 is 0. The summed E-state index contributed by atoms with van der Waals surface area (Å²) in [4.78, 5) is -0.773. The zero-order valence-electron chi connectivity index (χ0n) is 10.4. The van der Waals surface area contributed by atoms with Crippen LogP contribution in [0.4, 0.5) is 4.39 Å². The molecule has 0 bridgehead atoms. The molecule has 21 heavy (non-hydrogen) atoms. The lowest BCUT2D eigenvalue weighted by molar-refractivity contribution is 0.483. The maximum atomic E-state index is 13.0. The largest absolute Gasteiger partial charge is 0.379 e. The van der Waals surface area contributed by atoms with Crippen LogP contribution in [0.1, 0.15) is 0 Å². The first-order valence-corrected chi connectivity index (χ1v) is 8.47. The van der Waals surface area contributed by atoms with Crippen LogP contribution in [0.2, 0.25) is 0 Å². The zero-order chi connectivity index (χ0) is 15.7. The molecule has 0 atom stereocenters. The van der Waals surface area contributed by atoms with E-state index in [9.17, 15) is 21.2 Å². The van der Waals surface area contributed by atoms with E-state index in [1.165, 1.54) is 18.2 Å². The van der Waals surface area contributed by atoms with E-state index in [2.05, 4.69) is 0 Å². The van der Waals surface area contributed by atoms with Gasteiger partial charge in [-0.25, -0.2) is 17.9 Å². The maximum Gasteiger partial charge on any atom is 0.339 e. The molecule has 0 aliphatic rings. The molecule has 0 radical (unpaired) electrons. The van der Waals surface area contributed by atoms with Crippen molar-refractivity contribution in [2.75, 3.05) is 0 Å². The van der Waals surface area contributed by atoms with E-state index in [0.29, 0.717) is 0 Å². The Morgan fingerprint density at radius 2 is 1.52 bits per heavy atom. The van der Waals surface area contributed by atoms with Crippen LogP contribution in [0, 0.1) is 5.82 Å². The SMILES string of the molecule is NS(=O)(=O)c1cccc(S(=O)(=O)Oc2cccc(F)c2)c1. The summed E-state index contributed by atoms with van der Waals surface area (Å²) in [6.45, 7) is 0. The molecule has 9 heteroatoms. The minimum Gasteiger partial charge on any atom is -0.379 e. The van der Waals surface area contributed by atoms with Crippen LogP contribution in [0.25, 0.3) is 0 Å². The molecule has 0 fully saturated rings. The second kappa shape index (κ2) is 5.43. The standard InChI is InChI=1S/C12H10FNO5S2/c13-9-3-1-4-10(7-9)19-21(17,18)12-6-2-5-11(8-12)20(14,15)16/h1-8H,(H2,14,15,16). The first-order valence-electron chi connectivity index (χ1n) is 5.51. The molecule has 0 spiro atoms. The number of primary sulfonamides is 1. The number of nitrogens with two attached hydrogens (primary N) is 1. The Labute approximate surface area is 121 Å². The number of rotatable bonds is 4. The summed E-state index contributed by atoms with van der Waals surface area (Å²) in [6, 6.07) is 8.92. The van der Waals surface area contributed by atoms with Crippen LogP contribution in [0.15, 0.2) is 58.3 Å². The minimum atomic E-state index is -4.30. The highest BCUT2D eigenvalue weighted by molar-refractivity contribution is 7.89. The van der Waals surface area contributed by atoms with E-state index in [0.717, 1.165) is 30.3 Å². The van der Waals surface area contributed by atoms with Crippen molar-refractivity contribution in [2.24, 2.45) is 5.14 Å². The van der Waals surface area contributed by atoms with Gasteiger partial charge in [0.05, 0.1) is 4.90 Å². The average Bonchev–Trinajstić information content (AvgIpc) is 2.37. The molecule has 2 aromatic rings. The van der Waals surface area contributed by atoms with Gasteiger partial charge in [0.15, 0.2) is 0 Å². The molecule has 0 unspecified atom stereocenters. The van der Waals surface area contributed by atoms with Gasteiger partial charge in [-0.2, -0.15) is 8.42 Å². The average molecular weight is 331 g/mol. The maximum absolute atomic E-state index is 13.0. The molecule has 0 saturated carbocycles. The lowest BCUT2D eigenvalue weighted by atomic mass is 10.3. The van der Waals surface area contributed by atoms with Crippen molar-refractivity contribution in [1.29, 1.82) is 0 Å². The highest BCUT2D eigenvalue weighted by atomic mass is 32.2. The number of benzene rings is 2. The van der Waals surface area contributed by atoms with E-state index in [-0.39, 0.29) is 10.6 Å². The van der Waals surface area contributed by atoms with Crippen LogP contribution >= 0.6 is 0 Å². The van der Waals surface area contributed by atoms with Crippen molar-refractivity contribution in [3.63, 3.8) is 0 Å². The Morgan fingerprint density at radius 1 is 0.905 bits per heavy atom. The lowest BCUT2D eigenvalue weighted by Gasteiger charge is -2.08. The lowest BCUT2D eigenvalue weighted by Crippen LogP contribution is -2.14. The van der Waals surface area contributed by atoms with Crippen molar-refractivity contribution in [3.05, 3.63) is 54.3 Å². The minimum absolute atomic E-state index is 0.226. The summed E-state index contributed by atoms with van der Waals surface area (Å²) in [7, 11) is -8.34. The van der Waals surface area contributed by atoms with Gasteiger partial charge >= 0.3 is 10.1 Å². The fourth-order valence-electron chi connectivity index (χ4n) is 1.50. The molecule has 0 aliphatic heterocycles. The Hall–Kier alpha value is -1.97. The third kappa shape index (κ3) is 3.78. The van der Waals surface area contributed by atoms with Gasteiger partial charge in [-0.05, 0) is 30.3 Å². The molecular weight excluding hydrogens is 321 g/mol. The summed E-state index contributed by atoms with van der Waals surface area (Å²) in [6.07, 6.45) is 0. The van der Waals surface area contributed by atoms with Crippen LogP contribution in [0.3, 0.4) is 0 Å². The third-order valence-electron chi connectivity index (χ3n) is 2.42. The van der Waals surface area contributed by atoms with Crippen LogP contribution < -0.4 is 9.32 Å². The van der Waals surface area contributed by atoms with E-state index >= 15 is 0 Å². The van der Waals surface area contributed by atoms with Gasteiger partial charge in [-0.15, -0.1) is 0 Å². The topological polar surface area (TPSA) is 104 Å². The molecule has 2 aromatic carbocycles. The normalized spacial score (nSPS) is 12.1. The van der Waals surface area contributed by atoms with Crippen molar-refractivity contribution in [1.82, 2.24) is 0 Å². The Kier molecular flexibility index (Phi) is 3.99. The highest BCUT2D eigenvalue weighted by Gasteiger charge is 2.19. The number of hydrogen-bond donors (Lipinski definition) is 1. The van der Waals surface area contributed by atoms with Gasteiger partial charge in [0.25, 0.3) is 0 Å². The molecule has 2 rings (SSSR count). The molecule has 0 amide bonds. The molecule has 112 valence electrons. The van der Waals surface area contributed by atoms with Crippen molar-refractivity contribution < 1.29 is 25.4 Å². The summed E-state index contributed by atoms with van der Waals surface area (Å²) < 4.78 is 64.2. The molecule has 0 aliphatic carbocycles. The van der Waals surface area contributed by atoms with E-state index in [1.54, 1.807) is 0 Å². The Bertz CT molecular complexity index is 878. The molecule has 0 aromatic heterocycles. The van der Waals surface area contributed by atoms with Gasteiger partial charge in [0.2, 0.25) is 10.0 Å². The van der Waals surface area contributed by atoms with Crippen LogP contribution in [0.5, 0.6) is 5.75 Å². The monoisotopic (exact) mass is 331 g/mol. The number of halogens is 1. The number of hydrogen-bond acceptors (Lipinski definition) is 5. The van der Waals surface area contributed by atoms with Gasteiger partial charge in [-0.1, -0.05) is 12.1 Å². The second-order valence-electron chi connectivity index (χ2n) is 4.01. The van der Waals surface area contributed by atoms with Gasteiger partial charge in [-0.3, -0.25) is 0 Å². The van der Waals surface area contributed by atoms with Gasteiger partial charge < -0.3 is 4.18 Å². The van der Waals surface area contributed by atoms with Crippen molar-refractivity contribution >= 4 is 20.1 Å². The smallest absolute Gasteiger partial charge is 0.339 e. The first-order chi connectivity index (χ1) is 9.68. The van der Waals surface area contributed by atoms with E-state index in [4.69, 9.17) is 9.32 Å². The molecule has 6 nitrogen and oxygen atoms in total. The molecule has 0 saturated heterocycles. The summed E-state index contributed by atoms with van der Waals surface area (Å²) in [5.74, 6) is -0.892. The molecule has 2 N–H and O–H groups in total. The third-order valence-corrected chi connectivity index (χ3v) is 4.58. The molecular formula is C12H10FNO5S2. The quantitative estimate of drug-likeness (QED) is 0.849. The van der Waals surface area contributed by atoms with Crippen LogP contribution in [-0.2, 0) is 20.1 Å². The Morgan fingerprint density at radius 3 is 2.14 bits per heavy atom. The van der Waals surface area contributed by atoms with E-state index < -0.39 is 30.9 Å². The van der Waals surface area contributed by atoms with Crippen molar-refractivity contribution in [3.8, 4) is 5.75 Å². The zero-order valence-corrected chi connectivity index (χ0v) is 12.1. The second-order valence-corrected chi connectivity index (χ2v) is 7.12. The predicted molar refractivity (Wildman–Crippen MR) is 72.0 cm³/mol. The van der Waals surface area contributed by atoms with Crippen molar-refractivity contribution in [2.45, 2.75) is 9.79 Å². The number of sulfonamides is 1. The fraction of sp³-hybridized carbons (Fsp3) is 0. The predicted octanol–water partition coefficient (Wildman–Crippen LogP) is 1.24. The highest BCUT2D eigenvalue weighted by Crippen LogP contribution is 2.21. The molecule has 0 heterocycles.